The van der Waals surface area contributed by atoms with Gasteiger partial charge in [-0.1, -0.05) is 17.5 Å². The third-order valence-electron chi connectivity index (χ3n) is 2.54. The van der Waals surface area contributed by atoms with Crippen LogP contribution in [0, 0.1) is 12.3 Å². The molecule has 0 spiro atoms. The zero-order valence-electron chi connectivity index (χ0n) is 10.4. The van der Waals surface area contributed by atoms with E-state index in [9.17, 15) is 4.79 Å². The Bertz CT molecular complexity index is 443. The van der Waals surface area contributed by atoms with Gasteiger partial charge in [0.25, 0.3) is 5.91 Å². The Labute approximate surface area is 107 Å². The summed E-state index contributed by atoms with van der Waals surface area (Å²) in [5.41, 5.74) is 0.585. The van der Waals surface area contributed by atoms with Crippen LogP contribution in [0.2, 0.25) is 5.02 Å². The van der Waals surface area contributed by atoms with Gasteiger partial charge in [-0.15, -0.1) is 6.42 Å². The van der Waals surface area contributed by atoms with Gasteiger partial charge in [0.15, 0.2) is 0 Å². The van der Waals surface area contributed by atoms with Gasteiger partial charge in [0, 0.05) is 18.8 Å². The second-order valence-corrected chi connectivity index (χ2v) is 4.50. The molecule has 0 fully saturated rings. The molecular weight excluding hydrogens is 236 g/mol. The minimum Gasteiger partial charge on any atom is -0.339 e. The van der Waals surface area contributed by atoms with Crippen LogP contribution in [0.4, 0.5) is 0 Å². The van der Waals surface area contributed by atoms with Gasteiger partial charge in [0.2, 0.25) is 0 Å². The molecule has 0 bridgehead atoms. The van der Waals surface area contributed by atoms with Crippen LogP contribution in [0.1, 0.15) is 37.3 Å². The van der Waals surface area contributed by atoms with Crippen LogP contribution in [-0.4, -0.2) is 28.5 Å². The van der Waals surface area contributed by atoms with Crippen molar-refractivity contribution in [3.8, 4) is 12.3 Å². The maximum Gasteiger partial charge on any atom is 0.271 e. The van der Waals surface area contributed by atoms with Crippen LogP contribution < -0.4 is 0 Å². The molecule has 0 aliphatic carbocycles. The highest BCUT2D eigenvalue weighted by molar-refractivity contribution is 6.31. The summed E-state index contributed by atoms with van der Waals surface area (Å²) < 4.78 is 1.86. The van der Waals surface area contributed by atoms with Crippen LogP contribution >= 0.6 is 11.6 Å². The molecule has 1 heterocycles. The van der Waals surface area contributed by atoms with Crippen molar-refractivity contribution in [1.29, 1.82) is 0 Å². The Kier molecular flexibility index (Phi) is 4.65. The summed E-state index contributed by atoms with van der Waals surface area (Å²) >= 11 is 5.95. The molecule has 0 aromatic carbocycles. The van der Waals surface area contributed by atoms with Gasteiger partial charge in [0.05, 0.1) is 11.6 Å². The second kappa shape index (κ2) is 5.79. The highest BCUT2D eigenvalue weighted by Crippen LogP contribution is 2.20. The first-order valence-electron chi connectivity index (χ1n) is 5.61. The van der Waals surface area contributed by atoms with Crippen molar-refractivity contribution >= 4 is 17.5 Å². The molecule has 0 N–H and O–H groups in total. The molecule has 3 nitrogen and oxygen atoms in total. The quantitative estimate of drug-likeness (QED) is 0.757. The lowest BCUT2D eigenvalue weighted by Crippen LogP contribution is -2.32. The molecule has 1 amide bonds. The lowest BCUT2D eigenvalue weighted by Gasteiger charge is -2.20. The number of hydrogen-bond acceptors (Lipinski definition) is 1. The Morgan fingerprint density at radius 3 is 2.76 bits per heavy atom. The molecule has 4 heteroatoms. The molecule has 0 saturated heterocycles. The van der Waals surface area contributed by atoms with E-state index < -0.39 is 0 Å². The normalized spacial score (nSPS) is 10.4. The fourth-order valence-corrected chi connectivity index (χ4v) is 1.85. The summed E-state index contributed by atoms with van der Waals surface area (Å²) in [7, 11) is 0. The predicted octanol–water partition coefficient (Wildman–Crippen LogP) is 2.82. The Hall–Kier alpha value is -1.40. The van der Waals surface area contributed by atoms with Crippen molar-refractivity contribution < 1.29 is 4.79 Å². The van der Waals surface area contributed by atoms with Crippen molar-refractivity contribution in [2.45, 2.75) is 26.8 Å². The van der Waals surface area contributed by atoms with Crippen molar-refractivity contribution in [2.24, 2.45) is 0 Å². The number of nitrogens with zero attached hydrogens (tertiary/aromatic N) is 2. The number of carbonyl (C=O) groups excluding carboxylic acids is 1. The largest absolute Gasteiger partial charge is 0.339 e. The summed E-state index contributed by atoms with van der Waals surface area (Å²) in [5.74, 6) is 2.41. The maximum absolute atomic E-state index is 12.3. The van der Waals surface area contributed by atoms with Gasteiger partial charge < -0.3 is 9.47 Å². The molecule has 0 atom stereocenters. The molecule has 0 aliphatic rings. The number of amides is 1. The SMILES string of the molecule is C#CCN(CC)C(=O)c1cc(Cl)cn1C(C)C. The molecule has 17 heavy (non-hydrogen) atoms. The van der Waals surface area contributed by atoms with Gasteiger partial charge in [-0.05, 0) is 26.8 Å². The maximum atomic E-state index is 12.3. The predicted molar refractivity (Wildman–Crippen MR) is 70.2 cm³/mol. The average molecular weight is 253 g/mol. The first kappa shape index (κ1) is 13.7. The Morgan fingerprint density at radius 1 is 1.65 bits per heavy atom. The number of carbonyl (C=O) groups is 1. The molecule has 1 rings (SSSR count). The number of rotatable bonds is 4. The number of aromatic nitrogens is 1. The van der Waals surface area contributed by atoms with E-state index in [2.05, 4.69) is 5.92 Å². The molecule has 0 radical (unpaired) electrons. The Morgan fingerprint density at radius 2 is 2.29 bits per heavy atom. The molecule has 0 aliphatic heterocycles. The zero-order valence-corrected chi connectivity index (χ0v) is 11.2. The fraction of sp³-hybridized carbons (Fsp3) is 0.462. The van der Waals surface area contributed by atoms with Crippen LogP contribution in [0.5, 0.6) is 0 Å². The third-order valence-corrected chi connectivity index (χ3v) is 2.75. The molecule has 92 valence electrons. The molecule has 0 unspecified atom stereocenters. The third kappa shape index (κ3) is 3.04. The standard InChI is InChI=1S/C13H17ClN2O/c1-5-7-15(6-2)13(17)12-8-11(14)9-16(12)10(3)4/h1,8-10H,6-7H2,2-4H3. The average Bonchev–Trinajstić information content (AvgIpc) is 2.67. The first-order valence-corrected chi connectivity index (χ1v) is 5.99. The van der Waals surface area contributed by atoms with Gasteiger partial charge >= 0.3 is 0 Å². The Balaban J connectivity index is 3.07. The van der Waals surface area contributed by atoms with Gasteiger partial charge in [-0.25, -0.2) is 0 Å². The van der Waals surface area contributed by atoms with Crippen LogP contribution in [0.25, 0.3) is 0 Å². The number of terminal acetylenes is 1. The monoisotopic (exact) mass is 252 g/mol. The summed E-state index contributed by atoms with van der Waals surface area (Å²) in [6, 6.07) is 1.87. The minimum absolute atomic E-state index is 0.0777. The lowest BCUT2D eigenvalue weighted by molar-refractivity contribution is 0.0772. The molecule has 1 aromatic heterocycles. The van der Waals surface area contributed by atoms with Crippen LogP contribution in [0.15, 0.2) is 12.3 Å². The van der Waals surface area contributed by atoms with Crippen molar-refractivity contribution in [1.82, 2.24) is 9.47 Å². The first-order chi connectivity index (χ1) is 8.01. The molecule has 1 aromatic rings. The van der Waals surface area contributed by atoms with Crippen molar-refractivity contribution in [2.75, 3.05) is 13.1 Å². The summed E-state index contributed by atoms with van der Waals surface area (Å²) in [5, 5.41) is 0.568. The van der Waals surface area contributed by atoms with Crippen LogP contribution in [0.3, 0.4) is 0 Å². The zero-order chi connectivity index (χ0) is 13.0. The summed E-state index contributed by atoms with van der Waals surface area (Å²) in [4.78, 5) is 13.9. The van der Waals surface area contributed by atoms with E-state index in [0.29, 0.717) is 23.8 Å². The summed E-state index contributed by atoms with van der Waals surface area (Å²) in [6.07, 6.45) is 7.01. The van der Waals surface area contributed by atoms with E-state index in [0.717, 1.165) is 0 Å². The van der Waals surface area contributed by atoms with E-state index in [-0.39, 0.29) is 11.9 Å². The molecular formula is C13H17ClN2O. The van der Waals surface area contributed by atoms with E-state index in [4.69, 9.17) is 18.0 Å². The highest BCUT2D eigenvalue weighted by atomic mass is 35.5. The van der Waals surface area contributed by atoms with Crippen molar-refractivity contribution in [3.63, 3.8) is 0 Å². The highest BCUT2D eigenvalue weighted by Gasteiger charge is 2.19. The van der Waals surface area contributed by atoms with Gasteiger partial charge in [-0.2, -0.15) is 0 Å². The smallest absolute Gasteiger partial charge is 0.271 e. The second-order valence-electron chi connectivity index (χ2n) is 4.07. The van der Waals surface area contributed by atoms with E-state index in [1.54, 1.807) is 17.2 Å². The number of halogens is 1. The number of hydrogen-bond donors (Lipinski definition) is 0. The fourth-order valence-electron chi connectivity index (χ4n) is 1.64. The topological polar surface area (TPSA) is 25.2 Å². The van der Waals surface area contributed by atoms with Gasteiger partial charge in [-0.3, -0.25) is 4.79 Å². The van der Waals surface area contributed by atoms with E-state index in [1.165, 1.54) is 0 Å². The van der Waals surface area contributed by atoms with E-state index in [1.807, 2.05) is 25.3 Å². The summed E-state index contributed by atoms with van der Waals surface area (Å²) in [6.45, 7) is 6.81. The molecule has 0 saturated carbocycles. The van der Waals surface area contributed by atoms with Crippen molar-refractivity contribution in [3.05, 3.63) is 23.0 Å². The van der Waals surface area contributed by atoms with Crippen LogP contribution in [-0.2, 0) is 0 Å². The van der Waals surface area contributed by atoms with E-state index >= 15 is 0 Å². The lowest BCUT2D eigenvalue weighted by atomic mass is 10.3. The van der Waals surface area contributed by atoms with Gasteiger partial charge in [0.1, 0.15) is 5.69 Å². The minimum atomic E-state index is -0.0777.